The molecular weight excluding hydrogens is 466 g/mol. The van der Waals surface area contributed by atoms with E-state index in [1.807, 2.05) is 39.0 Å². The van der Waals surface area contributed by atoms with Gasteiger partial charge >= 0.3 is 0 Å². The first kappa shape index (κ1) is 23.2. The van der Waals surface area contributed by atoms with E-state index in [2.05, 4.69) is 31.6 Å². The maximum atomic E-state index is 13.6. The van der Waals surface area contributed by atoms with Crippen molar-refractivity contribution in [3.63, 3.8) is 0 Å². The molecule has 0 saturated carbocycles. The lowest BCUT2D eigenvalue weighted by atomic mass is 9.85. The minimum absolute atomic E-state index is 0.108. The molecular formula is C21H28BrN5O4. The number of carbonyl (C=O) groups is 2. The van der Waals surface area contributed by atoms with E-state index in [4.69, 9.17) is 4.74 Å². The highest BCUT2D eigenvalue weighted by Crippen LogP contribution is 2.35. The average Bonchev–Trinajstić information content (AvgIpc) is 3.33. The molecule has 1 fully saturated rings. The first-order valence-corrected chi connectivity index (χ1v) is 10.8. The predicted molar refractivity (Wildman–Crippen MR) is 118 cm³/mol. The minimum Gasteiger partial charge on any atom is -0.496 e. The quantitative estimate of drug-likeness (QED) is 0.659. The number of aromatic nitrogens is 3. The zero-order valence-electron chi connectivity index (χ0n) is 18.3. The van der Waals surface area contributed by atoms with Gasteiger partial charge in [0.25, 0.3) is 0 Å². The lowest BCUT2D eigenvalue weighted by Gasteiger charge is -2.34. The fraction of sp³-hybridized carbons (Fsp3) is 0.524. The molecule has 10 heteroatoms. The van der Waals surface area contributed by atoms with Gasteiger partial charge in [-0.3, -0.25) is 9.59 Å². The summed E-state index contributed by atoms with van der Waals surface area (Å²) < 4.78 is 7.59. The Hall–Kier alpha value is -2.46. The summed E-state index contributed by atoms with van der Waals surface area (Å²) in [6.45, 7) is 5.91. The molecule has 0 spiro atoms. The molecule has 0 aliphatic carbocycles. The Kier molecular flexibility index (Phi) is 6.70. The minimum atomic E-state index is -0.741. The standard InChI is InChI=1S/C21H28BrN5O4/c1-21(2,3)18(20(30)26-10-13(28)9-16(26)19(29)23-4)27-11-15(24-25-27)12-6-7-17(31-5)14(22)8-12/h6-8,11,13,16,18,28H,9-10H2,1-5H3,(H,23,29)/t13-,16+,18-/m1/s1. The van der Waals surface area contributed by atoms with Crippen molar-refractivity contribution < 1.29 is 19.4 Å². The number of carbonyl (C=O) groups excluding carboxylic acids is 2. The van der Waals surface area contributed by atoms with Crippen molar-refractivity contribution >= 4 is 27.7 Å². The smallest absolute Gasteiger partial charge is 0.248 e. The number of methoxy groups -OCH3 is 1. The van der Waals surface area contributed by atoms with Crippen LogP contribution in [0.1, 0.15) is 33.2 Å². The van der Waals surface area contributed by atoms with Crippen molar-refractivity contribution in [1.29, 1.82) is 0 Å². The second-order valence-electron chi connectivity index (χ2n) is 8.71. The molecule has 0 unspecified atom stereocenters. The van der Waals surface area contributed by atoms with Gasteiger partial charge in [-0.15, -0.1) is 5.10 Å². The third kappa shape index (κ3) is 4.74. The van der Waals surface area contributed by atoms with Crippen LogP contribution in [0.15, 0.2) is 28.9 Å². The number of halogens is 1. The first-order chi connectivity index (χ1) is 14.6. The van der Waals surface area contributed by atoms with Gasteiger partial charge in [0.15, 0.2) is 0 Å². The maximum absolute atomic E-state index is 13.6. The monoisotopic (exact) mass is 493 g/mol. The number of likely N-dealkylation sites (tertiary alicyclic amines) is 1. The predicted octanol–water partition coefficient (Wildman–Crippen LogP) is 2.01. The van der Waals surface area contributed by atoms with Gasteiger partial charge < -0.3 is 20.1 Å². The molecule has 3 rings (SSSR count). The molecule has 168 valence electrons. The van der Waals surface area contributed by atoms with Gasteiger partial charge in [-0.1, -0.05) is 26.0 Å². The molecule has 2 aromatic rings. The number of nitrogens with one attached hydrogen (secondary N) is 1. The van der Waals surface area contributed by atoms with E-state index >= 15 is 0 Å². The van der Waals surface area contributed by atoms with E-state index < -0.39 is 23.6 Å². The molecule has 9 nitrogen and oxygen atoms in total. The van der Waals surface area contributed by atoms with Crippen molar-refractivity contribution in [2.75, 3.05) is 20.7 Å². The number of hydrogen-bond acceptors (Lipinski definition) is 6. The molecule has 1 aliphatic rings. The topological polar surface area (TPSA) is 110 Å². The number of nitrogens with zero attached hydrogens (tertiary/aromatic N) is 4. The third-order valence-corrected chi connectivity index (χ3v) is 6.01. The summed E-state index contributed by atoms with van der Waals surface area (Å²) in [4.78, 5) is 27.3. The van der Waals surface area contributed by atoms with E-state index in [1.54, 1.807) is 18.0 Å². The Bertz CT molecular complexity index is 971. The molecule has 3 atom stereocenters. The molecule has 1 aromatic carbocycles. The highest BCUT2D eigenvalue weighted by atomic mass is 79.9. The van der Waals surface area contributed by atoms with Crippen molar-refractivity contribution in [2.45, 2.75) is 45.4 Å². The van der Waals surface area contributed by atoms with E-state index in [0.717, 1.165) is 10.0 Å². The summed E-state index contributed by atoms with van der Waals surface area (Å²) in [6.07, 6.45) is 1.20. The number of amides is 2. The van der Waals surface area contributed by atoms with Crippen LogP contribution in [0.4, 0.5) is 0 Å². The van der Waals surface area contributed by atoms with Gasteiger partial charge in [0, 0.05) is 25.6 Å². The largest absolute Gasteiger partial charge is 0.496 e. The number of hydrogen-bond donors (Lipinski definition) is 2. The highest BCUT2D eigenvalue weighted by Gasteiger charge is 2.45. The number of likely N-dealkylation sites (N-methyl/N-ethyl adjacent to an activating group) is 1. The Morgan fingerprint density at radius 2 is 2.06 bits per heavy atom. The Morgan fingerprint density at radius 1 is 1.35 bits per heavy atom. The highest BCUT2D eigenvalue weighted by molar-refractivity contribution is 9.10. The fourth-order valence-corrected chi connectivity index (χ4v) is 4.41. The van der Waals surface area contributed by atoms with Crippen LogP contribution in [-0.4, -0.2) is 69.7 Å². The summed E-state index contributed by atoms with van der Waals surface area (Å²) in [6, 6.07) is 4.15. The summed E-state index contributed by atoms with van der Waals surface area (Å²) in [5.74, 6) is 0.136. The fourth-order valence-electron chi connectivity index (χ4n) is 3.87. The molecule has 2 heterocycles. The summed E-state index contributed by atoms with van der Waals surface area (Å²) >= 11 is 3.47. The van der Waals surface area contributed by atoms with Gasteiger partial charge in [-0.2, -0.15) is 0 Å². The molecule has 31 heavy (non-hydrogen) atoms. The molecule has 0 bridgehead atoms. The number of ether oxygens (including phenoxy) is 1. The van der Waals surface area contributed by atoms with Crippen LogP contribution < -0.4 is 10.1 Å². The molecule has 2 N–H and O–H groups in total. The SMILES string of the molecule is CNC(=O)[C@@H]1C[C@@H](O)CN1C(=O)[C@@H](n1cc(-c2ccc(OC)c(Br)c2)nn1)C(C)(C)C. The van der Waals surface area contributed by atoms with E-state index in [-0.39, 0.29) is 24.8 Å². The van der Waals surface area contributed by atoms with Gasteiger partial charge in [0.1, 0.15) is 23.5 Å². The number of aliphatic hydroxyl groups excluding tert-OH is 1. The van der Waals surface area contributed by atoms with Crippen molar-refractivity contribution in [3.05, 3.63) is 28.9 Å². The Morgan fingerprint density at radius 3 is 2.65 bits per heavy atom. The Labute approximate surface area is 189 Å². The van der Waals surface area contributed by atoms with Crippen molar-refractivity contribution in [3.8, 4) is 17.0 Å². The van der Waals surface area contributed by atoms with Crippen LogP contribution in [0, 0.1) is 5.41 Å². The summed E-state index contributed by atoms with van der Waals surface area (Å²) in [5.41, 5.74) is 0.914. The van der Waals surface area contributed by atoms with Gasteiger partial charge in [-0.05, 0) is 39.5 Å². The number of β-amino-alcohol motifs (C(OH)–C–C–N with tert-alkyl or cyclic N) is 1. The van der Waals surface area contributed by atoms with Crippen LogP contribution in [0.25, 0.3) is 11.3 Å². The van der Waals surface area contributed by atoms with Gasteiger partial charge in [0.05, 0.1) is 23.9 Å². The lowest BCUT2D eigenvalue weighted by Crippen LogP contribution is -2.49. The molecule has 1 aromatic heterocycles. The molecule has 2 amide bonds. The molecule has 1 aliphatic heterocycles. The molecule has 0 radical (unpaired) electrons. The van der Waals surface area contributed by atoms with Crippen LogP contribution >= 0.6 is 15.9 Å². The lowest BCUT2D eigenvalue weighted by molar-refractivity contribution is -0.144. The van der Waals surface area contributed by atoms with Crippen molar-refractivity contribution in [1.82, 2.24) is 25.2 Å². The van der Waals surface area contributed by atoms with Crippen molar-refractivity contribution in [2.24, 2.45) is 5.41 Å². The van der Waals surface area contributed by atoms with E-state index in [9.17, 15) is 14.7 Å². The van der Waals surface area contributed by atoms with Crippen LogP contribution in [-0.2, 0) is 9.59 Å². The number of benzene rings is 1. The summed E-state index contributed by atoms with van der Waals surface area (Å²) in [5, 5.41) is 21.2. The molecule has 1 saturated heterocycles. The van der Waals surface area contributed by atoms with Gasteiger partial charge in [-0.25, -0.2) is 4.68 Å². The Balaban J connectivity index is 1.95. The normalized spacial score (nSPS) is 19.9. The first-order valence-electron chi connectivity index (χ1n) is 10.0. The van der Waals surface area contributed by atoms with E-state index in [1.165, 1.54) is 11.9 Å². The van der Waals surface area contributed by atoms with Crippen LogP contribution in [0.5, 0.6) is 5.75 Å². The number of aliphatic hydroxyl groups is 1. The third-order valence-electron chi connectivity index (χ3n) is 5.39. The average molecular weight is 494 g/mol. The maximum Gasteiger partial charge on any atom is 0.248 e. The van der Waals surface area contributed by atoms with Crippen LogP contribution in [0.2, 0.25) is 0 Å². The summed E-state index contributed by atoms with van der Waals surface area (Å²) in [7, 11) is 3.12. The van der Waals surface area contributed by atoms with Gasteiger partial charge in [0.2, 0.25) is 11.8 Å². The zero-order valence-corrected chi connectivity index (χ0v) is 19.9. The second-order valence-corrected chi connectivity index (χ2v) is 9.57. The van der Waals surface area contributed by atoms with E-state index in [0.29, 0.717) is 11.4 Å². The number of rotatable bonds is 5. The zero-order chi connectivity index (χ0) is 22.9. The van der Waals surface area contributed by atoms with Crippen LogP contribution in [0.3, 0.4) is 0 Å². The second kappa shape index (κ2) is 8.96.